The lowest BCUT2D eigenvalue weighted by molar-refractivity contribution is -0.137. The molecule has 0 bridgehead atoms. The zero-order chi connectivity index (χ0) is 12.1. The summed E-state index contributed by atoms with van der Waals surface area (Å²) >= 11 is 0. The lowest BCUT2D eigenvalue weighted by Gasteiger charge is -2.15. The lowest BCUT2D eigenvalue weighted by atomic mass is 10.2. The maximum atomic E-state index is 11.7. The third-order valence-electron chi connectivity index (χ3n) is 2.57. The number of unbranched alkanes of at least 4 members (excludes halogenated alkanes) is 1. The molecule has 0 saturated heterocycles. The SMILES string of the molecule is CC(C)C(C)S(=O)(=O)CCCCC(=O)O. The van der Waals surface area contributed by atoms with Gasteiger partial charge in [0, 0.05) is 6.42 Å². The van der Waals surface area contributed by atoms with Crippen LogP contribution in [0, 0.1) is 5.92 Å². The van der Waals surface area contributed by atoms with Crippen LogP contribution in [0.5, 0.6) is 0 Å². The molecule has 0 radical (unpaired) electrons. The number of rotatable bonds is 7. The van der Waals surface area contributed by atoms with Crippen molar-refractivity contribution in [3.05, 3.63) is 0 Å². The topological polar surface area (TPSA) is 71.4 Å². The molecule has 1 unspecified atom stereocenters. The van der Waals surface area contributed by atoms with Gasteiger partial charge in [-0.15, -0.1) is 0 Å². The first-order chi connectivity index (χ1) is 6.77. The van der Waals surface area contributed by atoms with Crippen LogP contribution in [-0.4, -0.2) is 30.5 Å². The van der Waals surface area contributed by atoms with Crippen LogP contribution in [0.3, 0.4) is 0 Å². The molecule has 5 heteroatoms. The maximum Gasteiger partial charge on any atom is 0.303 e. The highest BCUT2D eigenvalue weighted by molar-refractivity contribution is 7.92. The first-order valence-electron chi connectivity index (χ1n) is 5.20. The summed E-state index contributed by atoms with van der Waals surface area (Å²) in [4.78, 5) is 10.2. The molecule has 0 aromatic carbocycles. The fraction of sp³-hybridized carbons (Fsp3) is 0.900. The molecular weight excluding hydrogens is 216 g/mol. The minimum Gasteiger partial charge on any atom is -0.481 e. The summed E-state index contributed by atoms with van der Waals surface area (Å²) in [5, 5.41) is 8.05. The van der Waals surface area contributed by atoms with E-state index in [0.717, 1.165) is 0 Å². The Bertz CT molecular complexity index is 293. The molecule has 0 saturated carbocycles. The highest BCUT2D eigenvalue weighted by atomic mass is 32.2. The van der Waals surface area contributed by atoms with Gasteiger partial charge >= 0.3 is 5.97 Å². The van der Waals surface area contributed by atoms with Crippen molar-refractivity contribution >= 4 is 15.8 Å². The first kappa shape index (κ1) is 14.4. The second kappa shape index (κ2) is 6.10. The molecule has 0 spiro atoms. The molecule has 0 aliphatic carbocycles. The van der Waals surface area contributed by atoms with Gasteiger partial charge in [0.2, 0.25) is 0 Å². The predicted octanol–water partition coefficient (Wildman–Crippen LogP) is 1.70. The van der Waals surface area contributed by atoms with Gasteiger partial charge in [-0.05, 0) is 25.7 Å². The van der Waals surface area contributed by atoms with Crippen molar-refractivity contribution in [2.45, 2.75) is 45.3 Å². The molecule has 0 rings (SSSR count). The average molecular weight is 236 g/mol. The van der Waals surface area contributed by atoms with E-state index < -0.39 is 15.8 Å². The first-order valence-corrected chi connectivity index (χ1v) is 6.92. The molecule has 0 aromatic rings. The van der Waals surface area contributed by atoms with E-state index in [2.05, 4.69) is 0 Å². The predicted molar refractivity (Wildman–Crippen MR) is 59.6 cm³/mol. The number of hydrogen-bond acceptors (Lipinski definition) is 3. The van der Waals surface area contributed by atoms with Crippen molar-refractivity contribution in [2.24, 2.45) is 5.92 Å². The Balaban J connectivity index is 4.00. The van der Waals surface area contributed by atoms with E-state index in [1.807, 2.05) is 13.8 Å². The standard InChI is InChI=1S/C10H20O4S/c1-8(2)9(3)15(13,14)7-5-4-6-10(11)12/h8-9H,4-7H2,1-3H3,(H,11,12). The number of aliphatic carboxylic acids is 1. The summed E-state index contributed by atoms with van der Waals surface area (Å²) < 4.78 is 23.3. The molecule has 90 valence electrons. The van der Waals surface area contributed by atoms with Gasteiger partial charge in [0.15, 0.2) is 9.84 Å². The molecule has 0 heterocycles. The van der Waals surface area contributed by atoms with Crippen LogP contribution in [0.2, 0.25) is 0 Å². The number of carboxylic acids is 1. The summed E-state index contributed by atoms with van der Waals surface area (Å²) in [6, 6.07) is 0. The van der Waals surface area contributed by atoms with E-state index in [9.17, 15) is 13.2 Å². The summed E-state index contributed by atoms with van der Waals surface area (Å²) in [5.74, 6) is -0.668. The quantitative estimate of drug-likeness (QED) is 0.683. The Morgan fingerprint density at radius 1 is 1.20 bits per heavy atom. The third kappa shape index (κ3) is 5.77. The largest absolute Gasteiger partial charge is 0.481 e. The minimum atomic E-state index is -3.05. The highest BCUT2D eigenvalue weighted by Gasteiger charge is 2.23. The zero-order valence-corrected chi connectivity index (χ0v) is 10.4. The van der Waals surface area contributed by atoms with Gasteiger partial charge in [-0.25, -0.2) is 8.42 Å². The maximum absolute atomic E-state index is 11.7. The zero-order valence-electron chi connectivity index (χ0n) is 9.56. The molecule has 0 aliphatic heterocycles. The van der Waals surface area contributed by atoms with Crippen LogP contribution >= 0.6 is 0 Å². The van der Waals surface area contributed by atoms with Gasteiger partial charge < -0.3 is 5.11 Å². The van der Waals surface area contributed by atoms with Gasteiger partial charge in [-0.1, -0.05) is 13.8 Å². The van der Waals surface area contributed by atoms with Crippen LogP contribution < -0.4 is 0 Å². The Hall–Kier alpha value is -0.580. The molecule has 0 fully saturated rings. The van der Waals surface area contributed by atoms with Crippen LogP contribution in [0.15, 0.2) is 0 Å². The minimum absolute atomic E-state index is 0.0472. The van der Waals surface area contributed by atoms with E-state index >= 15 is 0 Å². The molecule has 1 N–H and O–H groups in total. The van der Waals surface area contributed by atoms with E-state index in [1.54, 1.807) is 6.92 Å². The van der Waals surface area contributed by atoms with Crippen molar-refractivity contribution in [1.82, 2.24) is 0 Å². The fourth-order valence-corrected chi connectivity index (χ4v) is 2.99. The monoisotopic (exact) mass is 236 g/mol. The van der Waals surface area contributed by atoms with E-state index in [4.69, 9.17) is 5.11 Å². The molecule has 0 aromatic heterocycles. The third-order valence-corrected chi connectivity index (χ3v) is 5.11. The molecular formula is C10H20O4S. The highest BCUT2D eigenvalue weighted by Crippen LogP contribution is 2.14. The number of hydrogen-bond donors (Lipinski definition) is 1. The second-order valence-corrected chi connectivity index (χ2v) is 6.64. The fourth-order valence-electron chi connectivity index (χ4n) is 1.18. The Morgan fingerprint density at radius 3 is 2.13 bits per heavy atom. The molecule has 0 aliphatic rings. The number of carboxylic acid groups (broad SMARTS) is 1. The van der Waals surface area contributed by atoms with Gasteiger partial charge in [0.25, 0.3) is 0 Å². The van der Waals surface area contributed by atoms with Crippen LogP contribution in [-0.2, 0) is 14.6 Å². The van der Waals surface area contributed by atoms with E-state index in [0.29, 0.717) is 12.8 Å². The summed E-state index contributed by atoms with van der Waals surface area (Å²) in [7, 11) is -3.05. The second-order valence-electron chi connectivity index (χ2n) is 4.17. The normalized spacial score (nSPS) is 14.1. The van der Waals surface area contributed by atoms with Gasteiger partial charge in [-0.2, -0.15) is 0 Å². The average Bonchev–Trinajstić information content (AvgIpc) is 2.10. The van der Waals surface area contributed by atoms with E-state index in [1.165, 1.54) is 0 Å². The van der Waals surface area contributed by atoms with Gasteiger partial charge in [0.05, 0.1) is 11.0 Å². The van der Waals surface area contributed by atoms with E-state index in [-0.39, 0.29) is 23.3 Å². The molecule has 15 heavy (non-hydrogen) atoms. The molecule has 0 amide bonds. The van der Waals surface area contributed by atoms with Crippen LogP contribution in [0.25, 0.3) is 0 Å². The summed E-state index contributed by atoms with van der Waals surface area (Å²) in [6.45, 7) is 5.45. The molecule has 1 atom stereocenters. The smallest absolute Gasteiger partial charge is 0.303 e. The Morgan fingerprint density at radius 2 is 1.73 bits per heavy atom. The van der Waals surface area contributed by atoms with Gasteiger partial charge in [-0.3, -0.25) is 4.79 Å². The number of sulfone groups is 1. The van der Waals surface area contributed by atoms with Crippen molar-refractivity contribution in [1.29, 1.82) is 0 Å². The molecule has 4 nitrogen and oxygen atoms in total. The van der Waals surface area contributed by atoms with Gasteiger partial charge in [0.1, 0.15) is 0 Å². The summed E-state index contributed by atoms with van der Waals surface area (Å²) in [5.41, 5.74) is 0. The Labute approximate surface area is 91.6 Å². The summed E-state index contributed by atoms with van der Waals surface area (Å²) in [6.07, 6.45) is 0.913. The van der Waals surface area contributed by atoms with Crippen molar-refractivity contribution in [3.8, 4) is 0 Å². The van der Waals surface area contributed by atoms with Crippen LogP contribution in [0.4, 0.5) is 0 Å². The van der Waals surface area contributed by atoms with Crippen LogP contribution in [0.1, 0.15) is 40.0 Å². The van der Waals surface area contributed by atoms with Crippen molar-refractivity contribution in [2.75, 3.05) is 5.75 Å². The number of carbonyl (C=O) groups is 1. The Kier molecular flexibility index (Phi) is 5.87. The van der Waals surface area contributed by atoms with Crippen molar-refractivity contribution in [3.63, 3.8) is 0 Å². The lowest BCUT2D eigenvalue weighted by Crippen LogP contribution is -2.26. The van der Waals surface area contributed by atoms with Crippen molar-refractivity contribution < 1.29 is 18.3 Å².